The van der Waals surface area contributed by atoms with E-state index in [4.69, 9.17) is 23.2 Å². The SMILES string of the molecule is O=C(Nc1ccccc1Cl)c1ccc(NS(=O)(=O)c2ccccc2)cc1Cl. The third kappa shape index (κ3) is 4.60. The lowest BCUT2D eigenvalue weighted by Gasteiger charge is -2.11. The van der Waals surface area contributed by atoms with Gasteiger partial charge in [0, 0.05) is 0 Å². The Balaban J connectivity index is 1.80. The normalized spacial score (nSPS) is 11.0. The summed E-state index contributed by atoms with van der Waals surface area (Å²) in [6, 6.07) is 19.0. The van der Waals surface area contributed by atoms with Crippen LogP contribution >= 0.6 is 23.2 Å². The first-order chi connectivity index (χ1) is 12.9. The van der Waals surface area contributed by atoms with Gasteiger partial charge in [0.25, 0.3) is 15.9 Å². The van der Waals surface area contributed by atoms with Crippen LogP contribution in [0.3, 0.4) is 0 Å². The minimum absolute atomic E-state index is 0.104. The quantitative estimate of drug-likeness (QED) is 0.606. The van der Waals surface area contributed by atoms with Crippen LogP contribution < -0.4 is 10.0 Å². The van der Waals surface area contributed by atoms with Gasteiger partial charge in [-0.15, -0.1) is 0 Å². The van der Waals surface area contributed by atoms with E-state index in [0.717, 1.165) is 0 Å². The number of benzene rings is 3. The molecule has 5 nitrogen and oxygen atoms in total. The third-order valence-corrected chi connectivity index (χ3v) is 5.68. The number of carbonyl (C=O) groups is 1. The van der Waals surface area contributed by atoms with E-state index in [1.165, 1.54) is 30.3 Å². The first kappa shape index (κ1) is 19.2. The van der Waals surface area contributed by atoms with E-state index in [9.17, 15) is 13.2 Å². The molecule has 0 aromatic heterocycles. The van der Waals surface area contributed by atoms with Crippen molar-refractivity contribution in [2.24, 2.45) is 0 Å². The van der Waals surface area contributed by atoms with E-state index in [1.54, 1.807) is 42.5 Å². The summed E-state index contributed by atoms with van der Waals surface area (Å²) in [5, 5.41) is 3.17. The molecule has 2 N–H and O–H groups in total. The molecule has 0 spiro atoms. The summed E-state index contributed by atoms with van der Waals surface area (Å²) in [5.74, 6) is -0.453. The van der Waals surface area contributed by atoms with Gasteiger partial charge in [0.2, 0.25) is 0 Å². The summed E-state index contributed by atoms with van der Waals surface area (Å²) >= 11 is 12.2. The Morgan fingerprint density at radius 1 is 0.815 bits per heavy atom. The number of nitrogens with one attached hydrogen (secondary N) is 2. The Morgan fingerprint density at radius 2 is 1.48 bits per heavy atom. The summed E-state index contributed by atoms with van der Waals surface area (Å²) in [6.45, 7) is 0. The van der Waals surface area contributed by atoms with Crippen LogP contribution in [0, 0.1) is 0 Å². The molecule has 0 saturated heterocycles. The summed E-state index contributed by atoms with van der Waals surface area (Å²) in [6.07, 6.45) is 0. The molecule has 0 aliphatic rings. The molecule has 0 saturated carbocycles. The number of halogens is 2. The Labute approximate surface area is 167 Å². The maximum atomic E-state index is 12.4. The van der Waals surface area contributed by atoms with Gasteiger partial charge in [0.15, 0.2) is 0 Å². The number of hydrogen-bond donors (Lipinski definition) is 2. The Hall–Kier alpha value is -2.54. The molecule has 0 bridgehead atoms. The van der Waals surface area contributed by atoms with E-state index in [0.29, 0.717) is 10.7 Å². The van der Waals surface area contributed by atoms with Crippen molar-refractivity contribution in [1.29, 1.82) is 0 Å². The largest absolute Gasteiger partial charge is 0.321 e. The molecule has 8 heteroatoms. The molecule has 3 aromatic rings. The summed E-state index contributed by atoms with van der Waals surface area (Å²) < 4.78 is 27.2. The smallest absolute Gasteiger partial charge is 0.261 e. The van der Waals surface area contributed by atoms with Crippen LogP contribution in [0.2, 0.25) is 10.0 Å². The zero-order valence-electron chi connectivity index (χ0n) is 13.8. The molecule has 3 aromatic carbocycles. The highest BCUT2D eigenvalue weighted by atomic mass is 35.5. The number of carbonyl (C=O) groups excluding carboxylic acids is 1. The van der Waals surface area contributed by atoms with E-state index < -0.39 is 15.9 Å². The molecular formula is C19H14Cl2N2O3S. The molecule has 0 aliphatic carbocycles. The van der Waals surface area contributed by atoms with Crippen LogP contribution in [0.4, 0.5) is 11.4 Å². The van der Waals surface area contributed by atoms with Crippen LogP contribution in [0.1, 0.15) is 10.4 Å². The number of hydrogen-bond acceptors (Lipinski definition) is 3. The van der Waals surface area contributed by atoms with Crippen molar-refractivity contribution in [1.82, 2.24) is 0 Å². The number of rotatable bonds is 5. The fourth-order valence-electron chi connectivity index (χ4n) is 2.33. The summed E-state index contributed by atoms with van der Waals surface area (Å²) in [7, 11) is -3.74. The Bertz CT molecular complexity index is 1090. The number of para-hydroxylation sites is 1. The molecule has 0 atom stereocenters. The standard InChI is InChI=1S/C19H14Cl2N2O3S/c20-16-8-4-5-9-18(16)22-19(24)15-11-10-13(12-17(15)21)23-27(25,26)14-6-2-1-3-7-14/h1-12,23H,(H,22,24). The third-order valence-electron chi connectivity index (χ3n) is 3.64. The van der Waals surface area contributed by atoms with E-state index in [2.05, 4.69) is 10.0 Å². The lowest BCUT2D eigenvalue weighted by atomic mass is 10.2. The predicted octanol–water partition coefficient (Wildman–Crippen LogP) is 5.05. The van der Waals surface area contributed by atoms with Gasteiger partial charge >= 0.3 is 0 Å². The number of sulfonamides is 1. The van der Waals surface area contributed by atoms with Gasteiger partial charge in [-0.2, -0.15) is 0 Å². The van der Waals surface area contributed by atoms with Crippen LogP contribution in [-0.4, -0.2) is 14.3 Å². The second kappa shape index (κ2) is 8.00. The lowest BCUT2D eigenvalue weighted by molar-refractivity contribution is 0.102. The summed E-state index contributed by atoms with van der Waals surface area (Å²) in [5.41, 5.74) is 0.895. The maximum Gasteiger partial charge on any atom is 0.261 e. The van der Waals surface area contributed by atoms with Crippen LogP contribution in [0.25, 0.3) is 0 Å². The van der Waals surface area contributed by atoms with Crippen molar-refractivity contribution in [2.45, 2.75) is 4.90 Å². The number of amides is 1. The average Bonchev–Trinajstić information content (AvgIpc) is 2.64. The highest BCUT2D eigenvalue weighted by Crippen LogP contribution is 2.26. The second-order valence-electron chi connectivity index (χ2n) is 5.55. The van der Waals surface area contributed by atoms with Crippen molar-refractivity contribution >= 4 is 50.5 Å². The van der Waals surface area contributed by atoms with E-state index >= 15 is 0 Å². The molecule has 0 heterocycles. The summed E-state index contributed by atoms with van der Waals surface area (Å²) in [4.78, 5) is 12.5. The first-order valence-corrected chi connectivity index (χ1v) is 10.0. The zero-order chi connectivity index (χ0) is 19.4. The van der Waals surface area contributed by atoms with Crippen molar-refractivity contribution < 1.29 is 13.2 Å². The highest BCUT2D eigenvalue weighted by molar-refractivity contribution is 7.92. The number of anilines is 2. The van der Waals surface area contributed by atoms with Gasteiger partial charge in [0.1, 0.15) is 0 Å². The van der Waals surface area contributed by atoms with Gasteiger partial charge in [-0.1, -0.05) is 53.5 Å². The first-order valence-electron chi connectivity index (χ1n) is 7.80. The highest BCUT2D eigenvalue weighted by Gasteiger charge is 2.16. The zero-order valence-corrected chi connectivity index (χ0v) is 16.1. The van der Waals surface area contributed by atoms with Crippen LogP contribution in [-0.2, 0) is 10.0 Å². The van der Waals surface area contributed by atoms with Gasteiger partial charge in [-0.3, -0.25) is 9.52 Å². The Kier molecular flexibility index (Phi) is 5.70. The fraction of sp³-hybridized carbons (Fsp3) is 0. The lowest BCUT2D eigenvalue weighted by Crippen LogP contribution is -2.15. The van der Waals surface area contributed by atoms with Crippen LogP contribution in [0.5, 0.6) is 0 Å². The van der Waals surface area contributed by atoms with Gasteiger partial charge in [-0.25, -0.2) is 8.42 Å². The van der Waals surface area contributed by atoms with Crippen molar-refractivity contribution in [2.75, 3.05) is 10.0 Å². The molecule has 0 unspecified atom stereocenters. The minimum Gasteiger partial charge on any atom is -0.321 e. The molecule has 3 rings (SSSR count). The minimum atomic E-state index is -3.74. The fourth-order valence-corrected chi connectivity index (χ4v) is 3.85. The maximum absolute atomic E-state index is 12.4. The molecule has 0 radical (unpaired) electrons. The topological polar surface area (TPSA) is 75.3 Å². The van der Waals surface area contributed by atoms with Crippen molar-refractivity contribution in [3.05, 3.63) is 88.4 Å². The van der Waals surface area contributed by atoms with Gasteiger partial charge in [-0.05, 0) is 42.5 Å². The van der Waals surface area contributed by atoms with Crippen LogP contribution in [0.15, 0.2) is 77.7 Å². The van der Waals surface area contributed by atoms with E-state index in [-0.39, 0.29) is 21.2 Å². The van der Waals surface area contributed by atoms with Gasteiger partial charge in [0.05, 0.1) is 31.9 Å². The molecule has 0 aliphatic heterocycles. The molecule has 27 heavy (non-hydrogen) atoms. The van der Waals surface area contributed by atoms with E-state index in [1.807, 2.05) is 0 Å². The molecule has 138 valence electrons. The Morgan fingerprint density at radius 3 is 2.15 bits per heavy atom. The monoisotopic (exact) mass is 420 g/mol. The second-order valence-corrected chi connectivity index (χ2v) is 8.04. The predicted molar refractivity (Wildman–Crippen MR) is 108 cm³/mol. The molecular weight excluding hydrogens is 407 g/mol. The molecule has 1 amide bonds. The molecule has 0 fully saturated rings. The average molecular weight is 421 g/mol. The van der Waals surface area contributed by atoms with Gasteiger partial charge < -0.3 is 5.32 Å². The van der Waals surface area contributed by atoms with Crippen molar-refractivity contribution in [3.8, 4) is 0 Å². The van der Waals surface area contributed by atoms with Crippen molar-refractivity contribution in [3.63, 3.8) is 0 Å².